The Labute approximate surface area is 88.9 Å². The lowest BCUT2D eigenvalue weighted by molar-refractivity contribution is 0.0247. The van der Waals surface area contributed by atoms with E-state index in [1.807, 2.05) is 0 Å². The molecule has 0 aliphatic carbocycles. The predicted octanol–water partition coefficient (Wildman–Crippen LogP) is 1.28. The number of ether oxygens (including phenoxy) is 3. The van der Waals surface area contributed by atoms with E-state index in [1.54, 1.807) is 7.11 Å². The summed E-state index contributed by atoms with van der Waals surface area (Å²) >= 11 is 10.7. The van der Waals surface area contributed by atoms with E-state index < -0.39 is 0 Å². The zero-order valence-electron chi connectivity index (χ0n) is 7.67. The minimum atomic E-state index is 0.487. The molecule has 0 heterocycles. The van der Waals surface area contributed by atoms with E-state index in [0.29, 0.717) is 39.6 Å². The van der Waals surface area contributed by atoms with Crippen molar-refractivity contribution >= 4 is 23.6 Å². The van der Waals surface area contributed by atoms with Gasteiger partial charge in [0.05, 0.1) is 39.6 Å². The lowest BCUT2D eigenvalue weighted by atomic mass is 10.7. The van der Waals surface area contributed by atoms with E-state index in [4.69, 9.17) is 37.8 Å². The van der Waals surface area contributed by atoms with Crippen molar-refractivity contribution in [3.63, 3.8) is 0 Å². The molecule has 13 heavy (non-hydrogen) atoms. The van der Waals surface area contributed by atoms with E-state index in [9.17, 15) is 0 Å². The molecule has 0 aromatic heterocycles. The number of hydrogen-bond acceptors (Lipinski definition) is 4. The highest BCUT2D eigenvalue weighted by Gasteiger charge is 1.94. The van der Waals surface area contributed by atoms with Gasteiger partial charge in [-0.2, -0.15) is 0 Å². The second-order valence-electron chi connectivity index (χ2n) is 2.24. The van der Waals surface area contributed by atoms with Gasteiger partial charge in [0.25, 0.3) is 0 Å². The van der Waals surface area contributed by atoms with Crippen molar-refractivity contribution in [1.29, 1.82) is 0 Å². The third-order valence-electron chi connectivity index (χ3n) is 1.21. The molecule has 0 aromatic rings. The van der Waals surface area contributed by atoms with Crippen LogP contribution in [0.15, 0.2) is 0 Å². The maximum atomic E-state index is 5.33. The maximum Gasteiger partial charge on any atom is 0.0701 e. The topological polar surface area (TPSA) is 30.9 Å². The Hall–Kier alpha value is 0.420. The standard InChI is InChI=1S/C7H15Cl2NO3/c1-11-4-5-13-7-6-12-3-2-10(8)9/h2-7H2,1H3. The van der Waals surface area contributed by atoms with E-state index in [0.717, 1.165) is 3.94 Å². The highest BCUT2D eigenvalue weighted by molar-refractivity contribution is 6.33. The zero-order chi connectivity index (χ0) is 9.94. The van der Waals surface area contributed by atoms with Crippen LogP contribution in [0.4, 0.5) is 0 Å². The molecule has 0 aromatic carbocycles. The molecule has 0 unspecified atom stereocenters. The quantitative estimate of drug-likeness (QED) is 0.442. The first-order valence-corrected chi connectivity index (χ1v) is 4.68. The van der Waals surface area contributed by atoms with Crippen LogP contribution in [0.5, 0.6) is 0 Å². The van der Waals surface area contributed by atoms with Crippen molar-refractivity contribution in [2.45, 2.75) is 0 Å². The molecule has 6 heteroatoms. The minimum absolute atomic E-state index is 0.487. The summed E-state index contributed by atoms with van der Waals surface area (Å²) in [5.41, 5.74) is 0. The summed E-state index contributed by atoms with van der Waals surface area (Å²) in [5.74, 6) is 0. The summed E-state index contributed by atoms with van der Waals surface area (Å²) < 4.78 is 16.1. The van der Waals surface area contributed by atoms with Crippen molar-refractivity contribution in [1.82, 2.24) is 3.94 Å². The molecular formula is C7H15Cl2NO3. The lowest BCUT2D eigenvalue weighted by Crippen LogP contribution is -2.13. The van der Waals surface area contributed by atoms with Crippen LogP contribution in [0.2, 0.25) is 0 Å². The fourth-order valence-corrected chi connectivity index (χ4v) is 0.736. The Kier molecular flexibility index (Phi) is 10.8. The molecule has 0 fully saturated rings. The molecule has 0 atom stereocenters. The molecule has 0 aliphatic heterocycles. The minimum Gasteiger partial charge on any atom is -0.382 e. The van der Waals surface area contributed by atoms with Gasteiger partial charge in [-0.05, 0) is 23.6 Å². The van der Waals surface area contributed by atoms with Crippen molar-refractivity contribution in [2.75, 3.05) is 46.7 Å². The summed E-state index contributed by atoms with van der Waals surface area (Å²) in [6, 6.07) is 0. The van der Waals surface area contributed by atoms with Crippen LogP contribution in [0, 0.1) is 0 Å². The van der Waals surface area contributed by atoms with Crippen LogP contribution >= 0.6 is 23.6 Å². The first-order valence-electron chi connectivity index (χ1n) is 4.01. The average Bonchev–Trinajstić information content (AvgIpc) is 2.09. The summed E-state index contributed by atoms with van der Waals surface area (Å²) in [6.07, 6.45) is 0. The second-order valence-corrected chi connectivity index (χ2v) is 3.23. The molecule has 0 bridgehead atoms. The SMILES string of the molecule is COCCOCCOCCN(Cl)Cl. The highest BCUT2D eigenvalue weighted by atomic mass is 35.5. The van der Waals surface area contributed by atoms with Crippen LogP contribution in [0.25, 0.3) is 0 Å². The van der Waals surface area contributed by atoms with E-state index in [1.165, 1.54) is 0 Å². The number of hydrogen-bond donors (Lipinski definition) is 0. The summed E-state index contributed by atoms with van der Waals surface area (Å²) in [4.78, 5) is 0. The predicted molar refractivity (Wildman–Crippen MR) is 51.9 cm³/mol. The van der Waals surface area contributed by atoms with Crippen LogP contribution < -0.4 is 0 Å². The first kappa shape index (κ1) is 13.4. The molecule has 0 radical (unpaired) electrons. The van der Waals surface area contributed by atoms with Gasteiger partial charge < -0.3 is 14.2 Å². The Morgan fingerprint density at radius 2 is 1.46 bits per heavy atom. The molecule has 0 aliphatic rings. The Balaban J connectivity index is 2.84. The Morgan fingerprint density at radius 1 is 0.923 bits per heavy atom. The number of methoxy groups -OCH3 is 1. The molecule has 80 valence electrons. The molecule has 0 spiro atoms. The molecule has 0 saturated carbocycles. The average molecular weight is 232 g/mol. The maximum absolute atomic E-state index is 5.33. The molecule has 0 rings (SSSR count). The van der Waals surface area contributed by atoms with Gasteiger partial charge in [0.15, 0.2) is 0 Å². The van der Waals surface area contributed by atoms with E-state index in [2.05, 4.69) is 0 Å². The summed E-state index contributed by atoms with van der Waals surface area (Å²) in [6.45, 7) is 3.30. The fraction of sp³-hybridized carbons (Fsp3) is 1.00. The van der Waals surface area contributed by atoms with E-state index in [-0.39, 0.29) is 0 Å². The molecule has 4 nitrogen and oxygen atoms in total. The number of nitrogens with zero attached hydrogens (tertiary/aromatic N) is 1. The molecular weight excluding hydrogens is 217 g/mol. The van der Waals surface area contributed by atoms with Gasteiger partial charge in [-0.1, -0.05) is 0 Å². The largest absolute Gasteiger partial charge is 0.382 e. The van der Waals surface area contributed by atoms with Crippen LogP contribution in [-0.2, 0) is 14.2 Å². The molecule has 0 N–H and O–H groups in total. The van der Waals surface area contributed by atoms with Gasteiger partial charge in [0.1, 0.15) is 0 Å². The van der Waals surface area contributed by atoms with Crippen molar-refractivity contribution in [2.24, 2.45) is 0 Å². The normalized spacial score (nSPS) is 11.1. The highest BCUT2D eigenvalue weighted by Crippen LogP contribution is 1.96. The van der Waals surface area contributed by atoms with Gasteiger partial charge in [-0.15, -0.1) is 3.94 Å². The Bertz CT molecular complexity index is 106. The smallest absolute Gasteiger partial charge is 0.0701 e. The van der Waals surface area contributed by atoms with E-state index >= 15 is 0 Å². The summed E-state index contributed by atoms with van der Waals surface area (Å²) in [5, 5.41) is 0. The van der Waals surface area contributed by atoms with Gasteiger partial charge in [0.2, 0.25) is 0 Å². The van der Waals surface area contributed by atoms with Crippen LogP contribution in [0.1, 0.15) is 0 Å². The molecule has 0 amide bonds. The zero-order valence-corrected chi connectivity index (χ0v) is 9.18. The number of rotatable bonds is 9. The van der Waals surface area contributed by atoms with Gasteiger partial charge >= 0.3 is 0 Å². The lowest BCUT2D eigenvalue weighted by Gasteiger charge is -2.06. The fourth-order valence-electron chi connectivity index (χ4n) is 0.598. The number of halogens is 2. The second kappa shape index (κ2) is 10.5. The van der Waals surface area contributed by atoms with Gasteiger partial charge in [-0.25, -0.2) is 0 Å². The van der Waals surface area contributed by atoms with Crippen LogP contribution in [0.3, 0.4) is 0 Å². The first-order chi connectivity index (χ1) is 6.27. The summed E-state index contributed by atoms with van der Waals surface area (Å²) in [7, 11) is 1.63. The van der Waals surface area contributed by atoms with Crippen molar-refractivity contribution in [3.8, 4) is 0 Å². The van der Waals surface area contributed by atoms with Crippen molar-refractivity contribution in [3.05, 3.63) is 0 Å². The van der Waals surface area contributed by atoms with Gasteiger partial charge in [-0.3, -0.25) is 0 Å². The van der Waals surface area contributed by atoms with Crippen molar-refractivity contribution < 1.29 is 14.2 Å². The molecule has 0 saturated heterocycles. The van der Waals surface area contributed by atoms with Gasteiger partial charge in [0, 0.05) is 7.11 Å². The third kappa shape index (κ3) is 12.4. The monoisotopic (exact) mass is 231 g/mol. The third-order valence-corrected chi connectivity index (χ3v) is 1.55. The van der Waals surface area contributed by atoms with Crippen LogP contribution in [-0.4, -0.2) is 50.6 Å². The Morgan fingerprint density at radius 3 is 2.00 bits per heavy atom.